The Morgan fingerprint density at radius 2 is 2.29 bits per heavy atom. The molecule has 2 bridgehead atoms. The van der Waals surface area contributed by atoms with Crippen LogP contribution < -0.4 is 5.32 Å². The predicted octanol–water partition coefficient (Wildman–Crippen LogP) is 2.13. The number of rotatable bonds is 4. The Hall–Kier alpha value is -0.370. The third kappa shape index (κ3) is 1.85. The van der Waals surface area contributed by atoms with Crippen LogP contribution in [0.15, 0.2) is 0 Å². The van der Waals surface area contributed by atoms with Gasteiger partial charge in [-0.25, -0.2) is 0 Å². The van der Waals surface area contributed by atoms with Crippen LogP contribution in [0.3, 0.4) is 0 Å². The van der Waals surface area contributed by atoms with E-state index >= 15 is 0 Å². The summed E-state index contributed by atoms with van der Waals surface area (Å²) in [6.07, 6.45) is 5.55. The number of nitrogens with one attached hydrogen (secondary N) is 1. The summed E-state index contributed by atoms with van der Waals surface area (Å²) < 4.78 is 0. The third-order valence-corrected chi connectivity index (χ3v) is 3.96. The molecule has 0 spiro atoms. The van der Waals surface area contributed by atoms with Crippen LogP contribution in [0, 0.1) is 11.8 Å². The van der Waals surface area contributed by atoms with E-state index in [-0.39, 0.29) is 0 Å². The zero-order valence-electron chi connectivity index (χ0n) is 9.25. The molecule has 0 aromatic rings. The molecule has 2 heterocycles. The summed E-state index contributed by atoms with van der Waals surface area (Å²) in [4.78, 5) is 12.0. The molecular weight excluding hydrogens is 174 g/mol. The fourth-order valence-corrected chi connectivity index (χ4v) is 2.82. The van der Waals surface area contributed by atoms with Crippen LogP contribution in [0.5, 0.6) is 0 Å². The molecular formula is C12H21NO. The molecule has 4 atom stereocenters. The third-order valence-electron chi connectivity index (χ3n) is 3.96. The van der Waals surface area contributed by atoms with Crippen molar-refractivity contribution in [3.8, 4) is 0 Å². The van der Waals surface area contributed by atoms with Gasteiger partial charge in [-0.15, -0.1) is 0 Å². The van der Waals surface area contributed by atoms with Crippen molar-refractivity contribution in [2.45, 2.75) is 58.0 Å². The fraction of sp³-hybridized carbons (Fsp3) is 0.917. The van der Waals surface area contributed by atoms with Gasteiger partial charge in [-0.3, -0.25) is 4.79 Å². The van der Waals surface area contributed by atoms with Crippen molar-refractivity contribution in [2.75, 3.05) is 0 Å². The quantitative estimate of drug-likeness (QED) is 0.744. The molecule has 2 rings (SSSR count). The van der Waals surface area contributed by atoms with Gasteiger partial charge in [0.25, 0.3) is 0 Å². The highest BCUT2D eigenvalue weighted by Crippen LogP contribution is 2.34. The monoisotopic (exact) mass is 195 g/mol. The second kappa shape index (κ2) is 4.01. The highest BCUT2D eigenvalue weighted by molar-refractivity contribution is 5.82. The Morgan fingerprint density at radius 1 is 1.50 bits per heavy atom. The van der Waals surface area contributed by atoms with Crippen LogP contribution in [0.2, 0.25) is 0 Å². The molecule has 2 heteroatoms. The summed E-state index contributed by atoms with van der Waals surface area (Å²) in [5.74, 6) is 1.43. The van der Waals surface area contributed by atoms with E-state index in [9.17, 15) is 4.79 Å². The average molecular weight is 195 g/mol. The Balaban J connectivity index is 1.87. The lowest BCUT2D eigenvalue weighted by Crippen LogP contribution is -2.29. The van der Waals surface area contributed by atoms with Crippen molar-refractivity contribution in [1.29, 1.82) is 0 Å². The predicted molar refractivity (Wildman–Crippen MR) is 57.1 cm³/mol. The zero-order chi connectivity index (χ0) is 10.1. The minimum atomic E-state index is 0.350. The van der Waals surface area contributed by atoms with Crippen LogP contribution in [0.25, 0.3) is 0 Å². The largest absolute Gasteiger partial charge is 0.310 e. The van der Waals surface area contributed by atoms with Gasteiger partial charge >= 0.3 is 0 Å². The minimum absolute atomic E-state index is 0.350. The Morgan fingerprint density at radius 3 is 2.79 bits per heavy atom. The van der Waals surface area contributed by atoms with Crippen LogP contribution in [-0.2, 0) is 4.79 Å². The van der Waals surface area contributed by atoms with E-state index in [2.05, 4.69) is 19.2 Å². The molecule has 2 aliphatic rings. The first-order valence-electron chi connectivity index (χ1n) is 5.99. The summed E-state index contributed by atoms with van der Waals surface area (Å²) in [7, 11) is 0. The van der Waals surface area contributed by atoms with Crippen molar-refractivity contribution in [3.05, 3.63) is 0 Å². The van der Waals surface area contributed by atoms with Gasteiger partial charge in [0, 0.05) is 24.4 Å². The van der Waals surface area contributed by atoms with E-state index in [0.29, 0.717) is 29.7 Å². The maximum absolute atomic E-state index is 12.0. The molecule has 0 aromatic carbocycles. The molecule has 4 unspecified atom stereocenters. The van der Waals surface area contributed by atoms with Crippen molar-refractivity contribution in [1.82, 2.24) is 5.32 Å². The van der Waals surface area contributed by atoms with Gasteiger partial charge in [0.1, 0.15) is 5.78 Å². The Kier molecular flexibility index (Phi) is 2.91. The fourth-order valence-electron chi connectivity index (χ4n) is 2.82. The van der Waals surface area contributed by atoms with E-state index in [1.54, 1.807) is 0 Å². The van der Waals surface area contributed by atoms with E-state index < -0.39 is 0 Å². The van der Waals surface area contributed by atoms with Gasteiger partial charge < -0.3 is 5.32 Å². The number of carbonyl (C=O) groups excluding carboxylic acids is 1. The lowest BCUT2D eigenvalue weighted by molar-refractivity contribution is -0.124. The molecule has 0 amide bonds. The van der Waals surface area contributed by atoms with Crippen LogP contribution in [0.1, 0.15) is 46.0 Å². The first-order valence-corrected chi connectivity index (χ1v) is 5.99. The van der Waals surface area contributed by atoms with Gasteiger partial charge in [-0.1, -0.05) is 20.3 Å². The number of Topliss-reactive ketones (excluding diaryl/α,β-unsaturated/α-hetero) is 1. The molecule has 0 radical (unpaired) electrons. The summed E-state index contributed by atoms with van der Waals surface area (Å²) in [5, 5.41) is 3.53. The SMILES string of the molecule is CCC(C)CC(=O)C1CC2CCC1N2. The van der Waals surface area contributed by atoms with Crippen LogP contribution in [0.4, 0.5) is 0 Å². The molecule has 2 nitrogen and oxygen atoms in total. The second-order valence-electron chi connectivity index (χ2n) is 5.07. The van der Waals surface area contributed by atoms with E-state index in [1.807, 2.05) is 0 Å². The van der Waals surface area contributed by atoms with Crippen molar-refractivity contribution >= 4 is 5.78 Å². The zero-order valence-corrected chi connectivity index (χ0v) is 9.25. The molecule has 0 aromatic heterocycles. The summed E-state index contributed by atoms with van der Waals surface area (Å²) in [6.45, 7) is 4.34. The second-order valence-corrected chi connectivity index (χ2v) is 5.07. The van der Waals surface area contributed by atoms with Gasteiger partial charge in [-0.2, -0.15) is 0 Å². The smallest absolute Gasteiger partial charge is 0.137 e. The number of hydrogen-bond acceptors (Lipinski definition) is 2. The molecule has 0 aliphatic carbocycles. The summed E-state index contributed by atoms with van der Waals surface area (Å²) in [6, 6.07) is 1.18. The van der Waals surface area contributed by atoms with Crippen molar-refractivity contribution in [3.63, 3.8) is 0 Å². The minimum Gasteiger partial charge on any atom is -0.310 e. The van der Waals surface area contributed by atoms with Gasteiger partial charge in [0.05, 0.1) is 0 Å². The average Bonchev–Trinajstić information content (AvgIpc) is 2.78. The number of fused-ring (bicyclic) bond motifs is 2. The van der Waals surface area contributed by atoms with Crippen LogP contribution >= 0.6 is 0 Å². The van der Waals surface area contributed by atoms with Gasteiger partial charge in [0.2, 0.25) is 0 Å². The maximum Gasteiger partial charge on any atom is 0.137 e. The highest BCUT2D eigenvalue weighted by atomic mass is 16.1. The lowest BCUT2D eigenvalue weighted by atomic mass is 9.83. The van der Waals surface area contributed by atoms with E-state index in [1.165, 1.54) is 12.8 Å². The Bertz CT molecular complexity index is 226. The normalized spacial score (nSPS) is 37.4. The van der Waals surface area contributed by atoms with E-state index in [0.717, 1.165) is 19.3 Å². The molecule has 0 saturated carbocycles. The molecule has 1 N–H and O–H groups in total. The highest BCUT2D eigenvalue weighted by Gasteiger charge is 2.42. The Labute approximate surface area is 86.5 Å². The number of hydrogen-bond donors (Lipinski definition) is 1. The number of carbonyl (C=O) groups is 1. The topological polar surface area (TPSA) is 29.1 Å². The van der Waals surface area contributed by atoms with Gasteiger partial charge in [0.15, 0.2) is 0 Å². The summed E-state index contributed by atoms with van der Waals surface area (Å²) in [5.41, 5.74) is 0. The standard InChI is InChI=1S/C12H21NO/c1-3-8(2)6-12(14)10-7-9-4-5-11(10)13-9/h8-11,13H,3-7H2,1-2H3. The van der Waals surface area contributed by atoms with Crippen LogP contribution in [-0.4, -0.2) is 17.9 Å². The lowest BCUT2D eigenvalue weighted by Gasteiger charge is -2.20. The van der Waals surface area contributed by atoms with Gasteiger partial charge in [-0.05, 0) is 25.2 Å². The maximum atomic E-state index is 12.0. The first kappa shape index (κ1) is 10.2. The van der Waals surface area contributed by atoms with Crippen molar-refractivity contribution in [2.24, 2.45) is 11.8 Å². The molecule has 2 aliphatic heterocycles. The molecule has 2 fully saturated rings. The number of ketones is 1. The van der Waals surface area contributed by atoms with E-state index in [4.69, 9.17) is 0 Å². The molecule has 2 saturated heterocycles. The first-order chi connectivity index (χ1) is 6.70. The summed E-state index contributed by atoms with van der Waals surface area (Å²) >= 11 is 0. The van der Waals surface area contributed by atoms with Crippen molar-refractivity contribution < 1.29 is 4.79 Å². The molecule has 80 valence electrons. The molecule has 14 heavy (non-hydrogen) atoms.